The summed E-state index contributed by atoms with van der Waals surface area (Å²) in [6.07, 6.45) is 1.37. The first-order chi connectivity index (χ1) is 10.9. The second kappa shape index (κ2) is 7.21. The summed E-state index contributed by atoms with van der Waals surface area (Å²) in [5.41, 5.74) is 0.742. The molecule has 0 saturated heterocycles. The molecule has 2 aromatic rings. The van der Waals surface area contributed by atoms with Gasteiger partial charge in [0.2, 0.25) is 11.4 Å². The summed E-state index contributed by atoms with van der Waals surface area (Å²) in [4.78, 5) is 30.8. The Labute approximate surface area is 134 Å². The number of pyridine rings is 1. The second-order valence-electron chi connectivity index (χ2n) is 5.95. The monoisotopic (exact) mass is 318 g/mol. The molecule has 2 rings (SSSR count). The molecule has 0 aromatic carbocycles. The normalized spacial score (nSPS) is 12.4. The summed E-state index contributed by atoms with van der Waals surface area (Å²) in [5, 5.41) is 6.68. The average molecular weight is 318 g/mol. The predicted octanol–water partition coefficient (Wildman–Crippen LogP) is 2.01. The minimum absolute atomic E-state index is 0.292. The fourth-order valence-electron chi connectivity index (χ4n) is 2.16. The first-order valence-electron chi connectivity index (χ1n) is 7.75. The molecule has 0 fully saturated rings. The van der Waals surface area contributed by atoms with Crippen molar-refractivity contribution in [3.63, 3.8) is 0 Å². The summed E-state index contributed by atoms with van der Waals surface area (Å²) >= 11 is 0. The number of amides is 1. The van der Waals surface area contributed by atoms with E-state index in [9.17, 15) is 9.59 Å². The lowest BCUT2D eigenvalue weighted by molar-refractivity contribution is 0.0932. The molecule has 0 spiro atoms. The molecule has 0 radical (unpaired) electrons. The number of rotatable bonds is 6. The van der Waals surface area contributed by atoms with Crippen LogP contribution in [0.1, 0.15) is 61.5 Å². The van der Waals surface area contributed by atoms with E-state index < -0.39 is 6.04 Å². The third kappa shape index (κ3) is 4.51. The molecule has 0 saturated carbocycles. The minimum atomic E-state index is -0.430. The average Bonchev–Trinajstić information content (AvgIpc) is 2.94. The second-order valence-corrected chi connectivity index (χ2v) is 5.95. The lowest BCUT2D eigenvalue weighted by Crippen LogP contribution is -2.28. The lowest BCUT2D eigenvalue weighted by atomic mass is 10.1. The van der Waals surface area contributed by atoms with Crippen molar-refractivity contribution in [3.05, 3.63) is 45.5 Å². The smallest absolute Gasteiger partial charge is 0.252 e. The van der Waals surface area contributed by atoms with Crippen molar-refractivity contribution in [2.45, 2.75) is 46.6 Å². The molecule has 0 bridgehead atoms. The van der Waals surface area contributed by atoms with E-state index in [2.05, 4.69) is 34.3 Å². The Morgan fingerprint density at radius 2 is 2.09 bits per heavy atom. The maximum Gasteiger partial charge on any atom is 0.252 e. The number of H-pyrrole nitrogens is 1. The Hall–Kier alpha value is -2.44. The van der Waals surface area contributed by atoms with Gasteiger partial charge in [-0.1, -0.05) is 25.9 Å². The zero-order chi connectivity index (χ0) is 17.0. The molecule has 1 atom stereocenters. The zero-order valence-corrected chi connectivity index (χ0v) is 13.8. The third-order valence-electron chi connectivity index (χ3n) is 3.34. The highest BCUT2D eigenvalue weighted by atomic mass is 16.5. The van der Waals surface area contributed by atoms with E-state index in [0.717, 1.165) is 6.42 Å². The van der Waals surface area contributed by atoms with Gasteiger partial charge in [-0.15, -0.1) is 0 Å². The molecule has 7 heteroatoms. The van der Waals surface area contributed by atoms with Crippen molar-refractivity contribution in [1.29, 1.82) is 0 Å². The Morgan fingerprint density at radius 1 is 1.35 bits per heavy atom. The molecule has 1 amide bonds. The van der Waals surface area contributed by atoms with Gasteiger partial charge in [-0.2, -0.15) is 4.98 Å². The van der Waals surface area contributed by atoms with Crippen LogP contribution in [0.3, 0.4) is 0 Å². The van der Waals surface area contributed by atoms with Gasteiger partial charge in [0, 0.05) is 23.7 Å². The number of aromatic nitrogens is 3. The fraction of sp³-hybridized carbons (Fsp3) is 0.500. The molecule has 0 aliphatic heterocycles. The highest BCUT2D eigenvalue weighted by Gasteiger charge is 2.18. The standard InChI is InChI=1S/C16H22N4O3/c1-5-12-7-11(8-14(21)18-12)15(22)17-10(4)16-19-13(20-23-16)6-9(2)3/h7-10H,5-6H2,1-4H3,(H,17,22)(H,18,21)/t10-/m0/s1. The first kappa shape index (κ1) is 16.9. The summed E-state index contributed by atoms with van der Waals surface area (Å²) in [7, 11) is 0. The Kier molecular flexibility index (Phi) is 5.31. The summed E-state index contributed by atoms with van der Waals surface area (Å²) in [6, 6.07) is 2.51. The minimum Gasteiger partial charge on any atom is -0.341 e. The number of aryl methyl sites for hydroxylation is 1. The van der Waals surface area contributed by atoms with Crippen LogP contribution in [-0.2, 0) is 12.8 Å². The number of nitrogens with zero attached hydrogens (tertiary/aromatic N) is 2. The molecular weight excluding hydrogens is 296 g/mol. The molecular formula is C16H22N4O3. The van der Waals surface area contributed by atoms with E-state index in [1.807, 2.05) is 6.92 Å². The van der Waals surface area contributed by atoms with E-state index in [4.69, 9.17) is 4.52 Å². The van der Waals surface area contributed by atoms with Gasteiger partial charge in [0.25, 0.3) is 5.91 Å². The molecule has 7 nitrogen and oxygen atoms in total. The van der Waals surface area contributed by atoms with Gasteiger partial charge in [0.15, 0.2) is 5.82 Å². The number of hydrogen-bond donors (Lipinski definition) is 2. The van der Waals surface area contributed by atoms with Crippen LogP contribution in [0.4, 0.5) is 0 Å². The van der Waals surface area contributed by atoms with E-state index in [1.54, 1.807) is 13.0 Å². The summed E-state index contributed by atoms with van der Waals surface area (Å²) in [5.74, 6) is 1.06. The van der Waals surface area contributed by atoms with Crippen molar-refractivity contribution < 1.29 is 9.32 Å². The topological polar surface area (TPSA) is 101 Å². The van der Waals surface area contributed by atoms with E-state index in [-0.39, 0.29) is 11.5 Å². The lowest BCUT2D eigenvalue weighted by Gasteiger charge is -2.10. The highest BCUT2D eigenvalue weighted by molar-refractivity contribution is 5.94. The Morgan fingerprint density at radius 3 is 2.74 bits per heavy atom. The van der Waals surface area contributed by atoms with Crippen LogP contribution in [0.5, 0.6) is 0 Å². The highest BCUT2D eigenvalue weighted by Crippen LogP contribution is 2.13. The van der Waals surface area contributed by atoms with E-state index >= 15 is 0 Å². The SMILES string of the molecule is CCc1cc(C(=O)N[C@@H](C)c2nc(CC(C)C)no2)cc(=O)[nH]1. The quantitative estimate of drug-likeness (QED) is 0.848. The third-order valence-corrected chi connectivity index (χ3v) is 3.34. The van der Waals surface area contributed by atoms with Crippen molar-refractivity contribution in [2.75, 3.05) is 0 Å². The molecule has 2 aromatic heterocycles. The van der Waals surface area contributed by atoms with E-state index in [1.165, 1.54) is 6.07 Å². The van der Waals surface area contributed by atoms with Gasteiger partial charge in [-0.3, -0.25) is 9.59 Å². The zero-order valence-electron chi connectivity index (χ0n) is 13.8. The molecule has 124 valence electrons. The Bertz CT molecular complexity index is 733. The number of hydrogen-bond acceptors (Lipinski definition) is 5. The summed E-state index contributed by atoms with van der Waals surface area (Å²) < 4.78 is 5.19. The largest absolute Gasteiger partial charge is 0.341 e. The van der Waals surface area contributed by atoms with Crippen molar-refractivity contribution in [1.82, 2.24) is 20.4 Å². The first-order valence-corrected chi connectivity index (χ1v) is 7.75. The van der Waals surface area contributed by atoms with Crippen molar-refractivity contribution in [3.8, 4) is 0 Å². The van der Waals surface area contributed by atoms with Crippen molar-refractivity contribution >= 4 is 5.91 Å². The van der Waals surface area contributed by atoms with Gasteiger partial charge in [-0.05, 0) is 25.3 Å². The van der Waals surface area contributed by atoms with Crippen LogP contribution >= 0.6 is 0 Å². The molecule has 2 N–H and O–H groups in total. The van der Waals surface area contributed by atoms with Gasteiger partial charge >= 0.3 is 0 Å². The van der Waals surface area contributed by atoms with Crippen LogP contribution in [-0.4, -0.2) is 21.0 Å². The van der Waals surface area contributed by atoms with Crippen LogP contribution in [0.15, 0.2) is 21.5 Å². The summed E-state index contributed by atoms with van der Waals surface area (Å²) in [6.45, 7) is 7.81. The molecule has 0 aliphatic carbocycles. The van der Waals surface area contributed by atoms with Crippen LogP contribution in [0, 0.1) is 5.92 Å². The molecule has 0 unspecified atom stereocenters. The number of aromatic amines is 1. The number of carbonyl (C=O) groups is 1. The van der Waals surface area contributed by atoms with Crippen LogP contribution in [0.2, 0.25) is 0 Å². The number of nitrogens with one attached hydrogen (secondary N) is 2. The predicted molar refractivity (Wildman–Crippen MR) is 85.2 cm³/mol. The Balaban J connectivity index is 2.09. The maximum atomic E-state index is 12.3. The van der Waals surface area contributed by atoms with Gasteiger partial charge in [0.05, 0.1) is 0 Å². The maximum absolute atomic E-state index is 12.3. The fourth-order valence-corrected chi connectivity index (χ4v) is 2.16. The van der Waals surface area contributed by atoms with Gasteiger partial charge < -0.3 is 14.8 Å². The van der Waals surface area contributed by atoms with Crippen LogP contribution < -0.4 is 10.9 Å². The molecule has 23 heavy (non-hydrogen) atoms. The van der Waals surface area contributed by atoms with E-state index in [0.29, 0.717) is 35.3 Å². The molecule has 2 heterocycles. The van der Waals surface area contributed by atoms with Crippen molar-refractivity contribution in [2.24, 2.45) is 5.92 Å². The van der Waals surface area contributed by atoms with Gasteiger partial charge in [0.1, 0.15) is 6.04 Å². The van der Waals surface area contributed by atoms with Gasteiger partial charge in [-0.25, -0.2) is 0 Å². The molecule has 0 aliphatic rings. The van der Waals surface area contributed by atoms with Crippen LogP contribution in [0.25, 0.3) is 0 Å². The number of carbonyl (C=O) groups excluding carboxylic acids is 1.